The molecule has 0 saturated heterocycles. The Morgan fingerprint density at radius 2 is 1.25 bits per heavy atom. The summed E-state index contributed by atoms with van der Waals surface area (Å²) < 4.78 is 157. The number of nitrogens with one attached hydrogen (secondary N) is 2. The van der Waals surface area contributed by atoms with Gasteiger partial charge in [-0.15, -0.1) is 0 Å². The molecular weight excluding hydrogens is 533 g/mol. The molecule has 0 bridgehead atoms. The molecule has 0 fully saturated rings. The van der Waals surface area contributed by atoms with Crippen molar-refractivity contribution < 1.29 is 72.1 Å². The lowest BCUT2D eigenvalue weighted by Crippen LogP contribution is -2.61. The fraction of sp³-hybridized carbons (Fsp3) is 0.444. The highest BCUT2D eigenvalue weighted by molar-refractivity contribution is 5.95. The summed E-state index contributed by atoms with van der Waals surface area (Å²) in [5.41, 5.74) is -0.881. The monoisotopic (exact) mass is 548 g/mol. The Hall–Kier alpha value is -3.47. The number of alkyl halides is 9. The van der Waals surface area contributed by atoms with E-state index < -0.39 is 59.4 Å². The fourth-order valence-corrected chi connectivity index (χ4v) is 2.14. The van der Waals surface area contributed by atoms with Crippen LogP contribution in [0.4, 0.5) is 69.3 Å². The summed E-state index contributed by atoms with van der Waals surface area (Å²) in [6.45, 7) is 2.49. The molecule has 204 valence electrons. The van der Waals surface area contributed by atoms with E-state index in [1.54, 1.807) is 0 Å². The SMILES string of the molecule is CCOC(=O)Nc1ccc(OC(F)=C(F)C(F)(F)C(F)(F)C(F)(F)C(F)(F)F)cc1NC(=O)OCC. The van der Waals surface area contributed by atoms with Crippen LogP contribution in [0.5, 0.6) is 5.75 Å². The van der Waals surface area contributed by atoms with E-state index in [1.807, 2.05) is 5.32 Å². The van der Waals surface area contributed by atoms with Crippen molar-refractivity contribution in [2.24, 2.45) is 0 Å². The minimum atomic E-state index is -7.48. The van der Waals surface area contributed by atoms with E-state index in [0.29, 0.717) is 12.1 Å². The van der Waals surface area contributed by atoms with Gasteiger partial charge in [-0.05, 0) is 26.0 Å². The van der Waals surface area contributed by atoms with Crippen molar-refractivity contribution in [3.63, 3.8) is 0 Å². The third-order valence-electron chi connectivity index (χ3n) is 3.82. The lowest BCUT2D eigenvalue weighted by atomic mass is 10.0. The molecule has 36 heavy (non-hydrogen) atoms. The largest absolute Gasteiger partial charge is 0.460 e. The number of allylic oxidation sites excluding steroid dienone is 1. The zero-order valence-electron chi connectivity index (χ0n) is 17.8. The summed E-state index contributed by atoms with van der Waals surface area (Å²) in [4.78, 5) is 23.2. The Labute approximate surface area is 194 Å². The standard InChI is InChI=1S/C18H15F11N2O5/c1-3-34-13(32)30-9-6-5-8(7-10(9)31-14(33)35-4-2)36-12(20)11(19)15(21,22)16(23,24)17(25,26)18(27,28)29/h5-7H,3-4H2,1-2H3,(H,30,32)(H,31,33). The van der Waals surface area contributed by atoms with Crippen molar-refractivity contribution in [3.8, 4) is 5.75 Å². The van der Waals surface area contributed by atoms with Crippen LogP contribution in [0.1, 0.15) is 13.8 Å². The minimum Gasteiger partial charge on any atom is -0.450 e. The summed E-state index contributed by atoms with van der Waals surface area (Å²) in [5.74, 6) is -27.2. The molecule has 1 aromatic rings. The van der Waals surface area contributed by atoms with E-state index in [0.717, 1.165) is 6.07 Å². The maximum absolute atomic E-state index is 13.9. The average Bonchev–Trinajstić information content (AvgIpc) is 2.74. The lowest BCUT2D eigenvalue weighted by molar-refractivity contribution is -0.392. The number of amides is 2. The maximum Gasteiger partial charge on any atom is 0.460 e. The van der Waals surface area contributed by atoms with Gasteiger partial charge in [-0.25, -0.2) is 9.59 Å². The van der Waals surface area contributed by atoms with E-state index in [2.05, 4.69) is 19.5 Å². The number of carbonyl (C=O) groups excluding carboxylic acids is 2. The third kappa shape index (κ3) is 6.39. The van der Waals surface area contributed by atoms with Gasteiger partial charge < -0.3 is 14.2 Å². The summed E-state index contributed by atoms with van der Waals surface area (Å²) in [6.07, 6.45) is -9.56. The zero-order valence-corrected chi connectivity index (χ0v) is 17.8. The molecule has 0 unspecified atom stereocenters. The highest BCUT2D eigenvalue weighted by atomic mass is 19.4. The molecule has 0 aliphatic carbocycles. The topological polar surface area (TPSA) is 85.9 Å². The van der Waals surface area contributed by atoms with E-state index in [1.165, 1.54) is 13.8 Å². The van der Waals surface area contributed by atoms with E-state index in [9.17, 15) is 57.9 Å². The molecular formula is C18H15F11N2O5. The van der Waals surface area contributed by atoms with Gasteiger partial charge >= 0.3 is 42.1 Å². The molecule has 2 N–H and O–H groups in total. The molecule has 7 nitrogen and oxygen atoms in total. The van der Waals surface area contributed by atoms with Gasteiger partial charge in [-0.3, -0.25) is 10.6 Å². The van der Waals surface area contributed by atoms with Crippen LogP contribution in [0.2, 0.25) is 0 Å². The van der Waals surface area contributed by atoms with Gasteiger partial charge in [0.2, 0.25) is 5.83 Å². The number of ether oxygens (including phenoxy) is 3. The molecule has 0 saturated carbocycles. The molecule has 0 spiro atoms. The molecule has 2 amide bonds. The predicted molar refractivity (Wildman–Crippen MR) is 98.5 cm³/mol. The Balaban J connectivity index is 3.40. The van der Waals surface area contributed by atoms with Gasteiger partial charge in [-0.1, -0.05) is 0 Å². The van der Waals surface area contributed by atoms with Gasteiger partial charge in [0.05, 0.1) is 24.6 Å². The van der Waals surface area contributed by atoms with Crippen LogP contribution in [0, 0.1) is 0 Å². The molecule has 0 heterocycles. The first-order valence-electron chi connectivity index (χ1n) is 9.28. The summed E-state index contributed by atoms with van der Waals surface area (Å²) in [6, 6.07) is -1.48. The quantitative estimate of drug-likeness (QED) is 0.263. The lowest BCUT2D eigenvalue weighted by Gasteiger charge is -2.32. The van der Waals surface area contributed by atoms with Crippen molar-refractivity contribution in [2.45, 2.75) is 37.8 Å². The molecule has 0 radical (unpaired) electrons. The van der Waals surface area contributed by atoms with Crippen LogP contribution >= 0.6 is 0 Å². The Kier molecular flexibility index (Phi) is 9.40. The van der Waals surface area contributed by atoms with Crippen molar-refractivity contribution in [1.82, 2.24) is 0 Å². The van der Waals surface area contributed by atoms with Gasteiger partial charge in [0.1, 0.15) is 5.75 Å². The van der Waals surface area contributed by atoms with Crippen LogP contribution in [-0.2, 0) is 9.47 Å². The smallest absolute Gasteiger partial charge is 0.450 e. The van der Waals surface area contributed by atoms with E-state index in [4.69, 9.17) is 0 Å². The van der Waals surface area contributed by atoms with Crippen LogP contribution in [0.15, 0.2) is 30.0 Å². The van der Waals surface area contributed by atoms with Gasteiger partial charge in [0.15, 0.2) is 0 Å². The Morgan fingerprint density at radius 3 is 1.69 bits per heavy atom. The first-order valence-corrected chi connectivity index (χ1v) is 9.28. The first kappa shape index (κ1) is 30.6. The van der Waals surface area contributed by atoms with Crippen LogP contribution in [-0.4, -0.2) is 49.3 Å². The number of hydrogen-bond acceptors (Lipinski definition) is 5. The highest BCUT2D eigenvalue weighted by Crippen LogP contribution is 2.55. The van der Waals surface area contributed by atoms with Crippen LogP contribution in [0.3, 0.4) is 0 Å². The van der Waals surface area contributed by atoms with Gasteiger partial charge in [0, 0.05) is 6.07 Å². The summed E-state index contributed by atoms with van der Waals surface area (Å²) in [5, 5.41) is 4.02. The Morgan fingerprint density at radius 1 is 0.778 bits per heavy atom. The molecule has 18 heteroatoms. The second-order valence-electron chi connectivity index (χ2n) is 6.31. The number of hydrogen-bond donors (Lipinski definition) is 2. The molecule has 1 rings (SSSR count). The predicted octanol–water partition coefficient (Wildman–Crippen LogP) is 6.78. The molecule has 1 aromatic carbocycles. The van der Waals surface area contributed by atoms with Crippen molar-refractivity contribution in [2.75, 3.05) is 23.8 Å². The van der Waals surface area contributed by atoms with Crippen molar-refractivity contribution >= 4 is 23.6 Å². The molecule has 0 aromatic heterocycles. The normalized spacial score (nSPS) is 13.5. The number of rotatable bonds is 9. The number of halogens is 11. The van der Waals surface area contributed by atoms with Crippen molar-refractivity contribution in [1.29, 1.82) is 0 Å². The first-order chi connectivity index (χ1) is 16.3. The van der Waals surface area contributed by atoms with Gasteiger partial charge in [-0.2, -0.15) is 48.3 Å². The van der Waals surface area contributed by atoms with Crippen LogP contribution < -0.4 is 15.4 Å². The highest BCUT2D eigenvalue weighted by Gasteiger charge is 2.83. The maximum atomic E-state index is 13.9. The Bertz CT molecular complexity index is 996. The number of anilines is 2. The third-order valence-corrected chi connectivity index (χ3v) is 3.82. The van der Waals surface area contributed by atoms with E-state index >= 15 is 0 Å². The van der Waals surface area contributed by atoms with E-state index in [-0.39, 0.29) is 18.9 Å². The second kappa shape index (κ2) is 11.1. The second-order valence-corrected chi connectivity index (χ2v) is 6.31. The van der Waals surface area contributed by atoms with Crippen LogP contribution in [0.25, 0.3) is 0 Å². The summed E-state index contributed by atoms with van der Waals surface area (Å²) >= 11 is 0. The summed E-state index contributed by atoms with van der Waals surface area (Å²) in [7, 11) is 0. The fourth-order valence-electron chi connectivity index (χ4n) is 2.14. The molecule has 0 atom stereocenters. The number of carbonyl (C=O) groups is 2. The molecule has 0 aliphatic heterocycles. The van der Waals surface area contributed by atoms with Crippen molar-refractivity contribution in [3.05, 3.63) is 30.0 Å². The zero-order chi connectivity index (χ0) is 28.1. The van der Waals surface area contributed by atoms with Gasteiger partial charge in [0.25, 0.3) is 0 Å². The minimum absolute atomic E-state index is 0.116. The number of benzene rings is 1. The molecule has 0 aliphatic rings. The average molecular weight is 548 g/mol.